The number of hydrogen-bond acceptors (Lipinski definition) is 4. The summed E-state index contributed by atoms with van der Waals surface area (Å²) >= 11 is 3.25. The summed E-state index contributed by atoms with van der Waals surface area (Å²) in [7, 11) is 0. The first-order valence-corrected chi connectivity index (χ1v) is 5.62. The van der Waals surface area contributed by atoms with Crippen LogP contribution in [0.3, 0.4) is 0 Å². The Balaban J connectivity index is 4.33. The molecule has 14 heavy (non-hydrogen) atoms. The van der Waals surface area contributed by atoms with Gasteiger partial charge >= 0.3 is 5.97 Å². The van der Waals surface area contributed by atoms with Crippen molar-refractivity contribution < 1.29 is 9.53 Å². The molecule has 0 heterocycles. The van der Waals surface area contributed by atoms with Gasteiger partial charge in [0.25, 0.3) is 0 Å². The standard InChI is InChI=1S/C9H17BrN2O2/c1-3-5-8(13)14-9(7-10,12-11)6-4-2/h4,12H,2-3,5-7,11H2,1H3. The average Bonchev–Trinajstić information content (AvgIpc) is 2.17. The number of ether oxygens (including phenoxy) is 1. The second-order valence-corrected chi connectivity index (χ2v) is 3.55. The topological polar surface area (TPSA) is 64.3 Å². The first-order valence-electron chi connectivity index (χ1n) is 4.50. The summed E-state index contributed by atoms with van der Waals surface area (Å²) in [6.45, 7) is 5.50. The number of hydrazine groups is 1. The van der Waals surface area contributed by atoms with Crippen LogP contribution in [0.4, 0.5) is 0 Å². The SMILES string of the molecule is C=CCC(CBr)(NN)OC(=O)CCC. The number of nitrogens with two attached hydrogens (primary N) is 1. The van der Waals surface area contributed by atoms with Gasteiger partial charge in [-0.3, -0.25) is 10.6 Å². The number of halogens is 1. The van der Waals surface area contributed by atoms with Crippen LogP contribution in [0.15, 0.2) is 12.7 Å². The van der Waals surface area contributed by atoms with Gasteiger partial charge in [0, 0.05) is 12.8 Å². The number of carbonyl (C=O) groups excluding carboxylic acids is 1. The largest absolute Gasteiger partial charge is 0.441 e. The fourth-order valence-corrected chi connectivity index (χ4v) is 1.46. The van der Waals surface area contributed by atoms with Crippen LogP contribution < -0.4 is 11.3 Å². The molecule has 0 aliphatic carbocycles. The summed E-state index contributed by atoms with van der Waals surface area (Å²) in [6, 6.07) is 0. The molecule has 1 atom stereocenters. The minimum atomic E-state index is -0.867. The van der Waals surface area contributed by atoms with Crippen molar-refractivity contribution in [1.29, 1.82) is 0 Å². The van der Waals surface area contributed by atoms with Crippen molar-refractivity contribution in [1.82, 2.24) is 5.43 Å². The predicted molar refractivity (Wildman–Crippen MR) is 59.7 cm³/mol. The molecule has 0 spiro atoms. The van der Waals surface area contributed by atoms with Gasteiger partial charge in [0.1, 0.15) is 0 Å². The normalized spacial score (nSPS) is 14.5. The molecule has 0 aliphatic rings. The maximum absolute atomic E-state index is 11.3. The van der Waals surface area contributed by atoms with E-state index in [4.69, 9.17) is 10.6 Å². The van der Waals surface area contributed by atoms with E-state index in [0.717, 1.165) is 6.42 Å². The van der Waals surface area contributed by atoms with E-state index in [-0.39, 0.29) is 5.97 Å². The fourth-order valence-electron chi connectivity index (χ4n) is 0.957. The first kappa shape index (κ1) is 13.6. The minimum absolute atomic E-state index is 0.258. The lowest BCUT2D eigenvalue weighted by molar-refractivity contribution is -0.160. The zero-order valence-electron chi connectivity index (χ0n) is 8.38. The number of rotatable bonds is 7. The molecule has 82 valence electrons. The first-order chi connectivity index (χ1) is 6.64. The van der Waals surface area contributed by atoms with E-state index in [2.05, 4.69) is 27.9 Å². The third-order valence-corrected chi connectivity index (χ3v) is 2.62. The van der Waals surface area contributed by atoms with Gasteiger partial charge < -0.3 is 4.74 Å². The molecule has 0 fully saturated rings. The lowest BCUT2D eigenvalue weighted by Crippen LogP contribution is -2.53. The van der Waals surface area contributed by atoms with Crippen LogP contribution in [0.5, 0.6) is 0 Å². The molecule has 0 aromatic carbocycles. The van der Waals surface area contributed by atoms with Crippen LogP contribution in [0.2, 0.25) is 0 Å². The van der Waals surface area contributed by atoms with Gasteiger partial charge in [0.15, 0.2) is 5.72 Å². The Labute approximate surface area is 93.0 Å². The molecule has 0 saturated carbocycles. The van der Waals surface area contributed by atoms with Gasteiger partial charge in [-0.25, -0.2) is 5.43 Å². The average molecular weight is 265 g/mol. The van der Waals surface area contributed by atoms with Crippen molar-refractivity contribution in [3.63, 3.8) is 0 Å². The van der Waals surface area contributed by atoms with Crippen molar-refractivity contribution in [2.75, 3.05) is 5.33 Å². The molecule has 4 nitrogen and oxygen atoms in total. The van der Waals surface area contributed by atoms with Crippen LogP contribution >= 0.6 is 15.9 Å². The molecule has 0 aliphatic heterocycles. The van der Waals surface area contributed by atoms with Gasteiger partial charge in [-0.15, -0.1) is 6.58 Å². The lowest BCUT2D eigenvalue weighted by Gasteiger charge is -2.29. The zero-order chi connectivity index (χ0) is 11.0. The Kier molecular flexibility index (Phi) is 6.78. The maximum Gasteiger partial charge on any atom is 0.307 e. The summed E-state index contributed by atoms with van der Waals surface area (Å²) in [5, 5.41) is 0.429. The Morgan fingerprint density at radius 1 is 1.79 bits per heavy atom. The Hall–Kier alpha value is -0.390. The molecule has 3 N–H and O–H groups in total. The Morgan fingerprint density at radius 3 is 2.79 bits per heavy atom. The fraction of sp³-hybridized carbons (Fsp3) is 0.667. The van der Waals surface area contributed by atoms with Crippen LogP contribution in [-0.4, -0.2) is 17.0 Å². The summed E-state index contributed by atoms with van der Waals surface area (Å²) in [6.07, 6.45) is 3.27. The Bertz CT molecular complexity index is 193. The van der Waals surface area contributed by atoms with Crippen molar-refractivity contribution in [2.45, 2.75) is 31.9 Å². The predicted octanol–water partition coefficient (Wildman–Crippen LogP) is 1.46. The van der Waals surface area contributed by atoms with E-state index in [1.807, 2.05) is 6.92 Å². The maximum atomic E-state index is 11.3. The van der Waals surface area contributed by atoms with Crippen LogP contribution in [0.1, 0.15) is 26.2 Å². The van der Waals surface area contributed by atoms with Gasteiger partial charge in [-0.2, -0.15) is 0 Å². The van der Waals surface area contributed by atoms with Crippen molar-refractivity contribution in [3.8, 4) is 0 Å². The van der Waals surface area contributed by atoms with Crippen molar-refractivity contribution in [2.24, 2.45) is 5.84 Å². The third kappa shape index (κ3) is 4.21. The monoisotopic (exact) mass is 264 g/mol. The molecule has 0 saturated heterocycles. The number of alkyl halides is 1. The number of hydrogen-bond donors (Lipinski definition) is 2. The quantitative estimate of drug-likeness (QED) is 0.183. The second kappa shape index (κ2) is 6.98. The molecule has 1 unspecified atom stereocenters. The summed E-state index contributed by atoms with van der Waals surface area (Å²) in [4.78, 5) is 11.3. The van der Waals surface area contributed by atoms with Crippen LogP contribution in [-0.2, 0) is 9.53 Å². The molecular weight excluding hydrogens is 248 g/mol. The highest BCUT2D eigenvalue weighted by Gasteiger charge is 2.30. The van der Waals surface area contributed by atoms with Gasteiger partial charge in [0.05, 0.1) is 5.33 Å². The molecule has 0 aromatic rings. The van der Waals surface area contributed by atoms with E-state index in [1.165, 1.54) is 0 Å². The molecule has 0 bridgehead atoms. The van der Waals surface area contributed by atoms with Crippen molar-refractivity contribution in [3.05, 3.63) is 12.7 Å². The molecular formula is C9H17BrN2O2. The van der Waals surface area contributed by atoms with Crippen LogP contribution in [0, 0.1) is 0 Å². The van der Waals surface area contributed by atoms with Gasteiger partial charge in [-0.05, 0) is 6.42 Å². The number of nitrogens with one attached hydrogen (secondary N) is 1. The summed E-state index contributed by atoms with van der Waals surface area (Å²) < 4.78 is 5.22. The van der Waals surface area contributed by atoms with Gasteiger partial charge in [-0.1, -0.05) is 28.9 Å². The molecule has 0 radical (unpaired) electrons. The zero-order valence-corrected chi connectivity index (χ0v) is 9.97. The van der Waals surface area contributed by atoms with E-state index < -0.39 is 5.72 Å². The smallest absolute Gasteiger partial charge is 0.307 e. The lowest BCUT2D eigenvalue weighted by atomic mass is 10.2. The van der Waals surface area contributed by atoms with E-state index in [0.29, 0.717) is 18.2 Å². The van der Waals surface area contributed by atoms with Crippen LogP contribution in [0.25, 0.3) is 0 Å². The molecule has 0 aromatic heterocycles. The minimum Gasteiger partial charge on any atom is -0.441 e. The highest BCUT2D eigenvalue weighted by Crippen LogP contribution is 2.16. The highest BCUT2D eigenvalue weighted by molar-refractivity contribution is 9.09. The molecule has 5 heteroatoms. The Morgan fingerprint density at radius 2 is 2.43 bits per heavy atom. The van der Waals surface area contributed by atoms with Crippen molar-refractivity contribution >= 4 is 21.9 Å². The highest BCUT2D eigenvalue weighted by atomic mass is 79.9. The van der Waals surface area contributed by atoms with E-state index in [1.54, 1.807) is 6.08 Å². The molecule has 0 amide bonds. The number of carbonyl (C=O) groups is 1. The number of esters is 1. The van der Waals surface area contributed by atoms with E-state index in [9.17, 15) is 4.79 Å². The third-order valence-electron chi connectivity index (χ3n) is 1.72. The van der Waals surface area contributed by atoms with Gasteiger partial charge in [0.2, 0.25) is 0 Å². The van der Waals surface area contributed by atoms with E-state index >= 15 is 0 Å². The summed E-state index contributed by atoms with van der Waals surface area (Å²) in [5.41, 5.74) is 1.63. The summed E-state index contributed by atoms with van der Waals surface area (Å²) in [5.74, 6) is 5.09. The molecule has 0 rings (SSSR count). The second-order valence-electron chi connectivity index (χ2n) is 2.99.